The third-order valence-electron chi connectivity index (χ3n) is 2.68. The number of nitrogens with zero attached hydrogens (tertiary/aromatic N) is 1. The zero-order valence-electron chi connectivity index (χ0n) is 10.5. The molecule has 0 bridgehead atoms. The molecule has 2 rings (SSSR count). The topological polar surface area (TPSA) is 129 Å². The molecule has 0 radical (unpaired) electrons. The van der Waals surface area contributed by atoms with Gasteiger partial charge in [-0.25, -0.2) is 14.4 Å². The van der Waals surface area contributed by atoms with Gasteiger partial charge in [0.2, 0.25) is 0 Å². The Labute approximate surface area is 180 Å². The average molecular weight is 385 g/mol. The fourth-order valence-corrected chi connectivity index (χ4v) is 2.19. The molecule has 3 N–H and O–H groups in total. The van der Waals surface area contributed by atoms with Crippen molar-refractivity contribution >= 4 is 86.5 Å². The Morgan fingerprint density at radius 1 is 1.09 bits per heavy atom. The molecule has 0 amide bonds. The normalized spacial score (nSPS) is 10.0. The van der Waals surface area contributed by atoms with Crippen molar-refractivity contribution in [1.82, 2.24) is 9.55 Å². The molecule has 0 unspecified atom stereocenters. The monoisotopic (exact) mass is 384 g/mol. The number of carboxylic acids is 2. The van der Waals surface area contributed by atoms with E-state index in [1.165, 1.54) is 18.2 Å². The van der Waals surface area contributed by atoms with Crippen molar-refractivity contribution in [3.63, 3.8) is 0 Å². The van der Waals surface area contributed by atoms with Crippen LogP contribution < -0.4 is 11.2 Å². The van der Waals surface area contributed by atoms with Gasteiger partial charge < -0.3 is 10.2 Å². The molecule has 23 heavy (non-hydrogen) atoms. The summed E-state index contributed by atoms with van der Waals surface area (Å²) < 4.78 is 0.474. The first-order valence-corrected chi connectivity index (χ1v) is 6.31. The van der Waals surface area contributed by atoms with Gasteiger partial charge in [0.05, 0.1) is 10.7 Å². The van der Waals surface area contributed by atoms with Crippen molar-refractivity contribution < 1.29 is 19.8 Å². The number of nitrogens with one attached hydrogen (secondary N) is 1. The number of hydrogen-bond donors (Lipinski definition) is 3. The second-order valence-corrected chi connectivity index (χ2v) is 4.87. The molecule has 8 nitrogen and oxygen atoms in total. The van der Waals surface area contributed by atoms with Gasteiger partial charge in [0.25, 0.3) is 5.56 Å². The molecule has 0 fully saturated rings. The summed E-state index contributed by atoms with van der Waals surface area (Å²) >= 11 is 11.7. The third kappa shape index (κ3) is 3.94. The molecule has 0 atom stereocenters. The van der Waals surface area contributed by atoms with Gasteiger partial charge in [-0.05, 0) is 18.2 Å². The van der Waals surface area contributed by atoms with Gasteiger partial charge in [0.1, 0.15) is 0 Å². The molecular formula is C12H7Cl2KN2O6. The summed E-state index contributed by atoms with van der Waals surface area (Å²) in [6.07, 6.45) is 0. The summed E-state index contributed by atoms with van der Waals surface area (Å²) in [6, 6.07) is 3.85. The van der Waals surface area contributed by atoms with E-state index < -0.39 is 34.4 Å². The van der Waals surface area contributed by atoms with E-state index in [1.807, 2.05) is 0 Å². The fourth-order valence-electron chi connectivity index (χ4n) is 1.82. The molecule has 11 heteroatoms. The van der Waals surface area contributed by atoms with Gasteiger partial charge in [-0.3, -0.25) is 14.3 Å². The molecule has 1 aromatic heterocycles. The van der Waals surface area contributed by atoms with E-state index >= 15 is 0 Å². The number of hydrogen-bond acceptors (Lipinski definition) is 4. The molecule has 0 aliphatic carbocycles. The summed E-state index contributed by atoms with van der Waals surface area (Å²) in [4.78, 5) is 47.8. The van der Waals surface area contributed by atoms with Crippen molar-refractivity contribution in [3.8, 4) is 5.69 Å². The summed E-state index contributed by atoms with van der Waals surface area (Å²) in [5.41, 5.74) is -4.77. The van der Waals surface area contributed by atoms with E-state index in [0.717, 1.165) is 0 Å². The Hall–Kier alpha value is -0.944. The van der Waals surface area contributed by atoms with Crippen molar-refractivity contribution in [2.45, 2.75) is 0 Å². The van der Waals surface area contributed by atoms with Crippen molar-refractivity contribution in [2.75, 3.05) is 0 Å². The summed E-state index contributed by atoms with van der Waals surface area (Å²) in [7, 11) is 0. The van der Waals surface area contributed by atoms with Crippen molar-refractivity contribution in [1.29, 1.82) is 0 Å². The number of aromatic amines is 1. The van der Waals surface area contributed by atoms with Crippen LogP contribution in [0.2, 0.25) is 10.0 Å². The predicted octanol–water partition coefficient (Wildman–Crippen LogP) is 0.580. The first-order chi connectivity index (χ1) is 10.2. The molecule has 2 aromatic rings. The second kappa shape index (κ2) is 7.75. The minimum absolute atomic E-state index is 0. The molecule has 0 aliphatic rings. The number of carboxylic acid groups (broad SMARTS) is 2. The predicted molar refractivity (Wildman–Crippen MR) is 83.7 cm³/mol. The van der Waals surface area contributed by atoms with Crippen LogP contribution in [0.25, 0.3) is 5.69 Å². The molecule has 0 aliphatic heterocycles. The van der Waals surface area contributed by atoms with Crippen LogP contribution in [0, 0.1) is 0 Å². The Bertz CT molecular complexity index is 921. The van der Waals surface area contributed by atoms with Gasteiger partial charge in [-0.15, -0.1) is 0 Å². The van der Waals surface area contributed by atoms with Crippen LogP contribution in [0.3, 0.4) is 0 Å². The van der Waals surface area contributed by atoms with E-state index in [4.69, 9.17) is 28.3 Å². The van der Waals surface area contributed by atoms with E-state index in [1.54, 1.807) is 4.98 Å². The second-order valence-electron chi connectivity index (χ2n) is 4.02. The molecule has 1 aromatic carbocycles. The van der Waals surface area contributed by atoms with Crippen LogP contribution in [0.1, 0.15) is 20.8 Å². The fraction of sp³-hybridized carbons (Fsp3) is 0. The first kappa shape index (κ1) is 20.1. The van der Waals surface area contributed by atoms with Gasteiger partial charge in [0.15, 0.2) is 11.3 Å². The van der Waals surface area contributed by atoms with Crippen LogP contribution in [-0.2, 0) is 0 Å². The average Bonchev–Trinajstić information content (AvgIpc) is 2.40. The van der Waals surface area contributed by atoms with Crippen LogP contribution in [0.15, 0.2) is 27.8 Å². The molecule has 1 heterocycles. The van der Waals surface area contributed by atoms with Crippen LogP contribution in [0.5, 0.6) is 0 Å². The molecule has 0 saturated carbocycles. The summed E-state index contributed by atoms with van der Waals surface area (Å²) in [5, 5.41) is 18.3. The molecule has 0 spiro atoms. The van der Waals surface area contributed by atoms with Gasteiger partial charge in [0, 0.05) is 5.02 Å². The Balaban J connectivity index is 0.00000264. The number of aromatic carboxylic acids is 2. The van der Waals surface area contributed by atoms with Crippen LogP contribution >= 0.6 is 23.2 Å². The Morgan fingerprint density at radius 3 is 2.22 bits per heavy atom. The van der Waals surface area contributed by atoms with Crippen LogP contribution in [0.4, 0.5) is 0 Å². The number of halogens is 2. The number of H-pyrrole nitrogens is 1. The zero-order valence-corrected chi connectivity index (χ0v) is 12.0. The number of aromatic nitrogens is 2. The SMILES string of the molecule is O=C(O)c1c(C(=O)O)n(-c2cc(Cl)ccc2Cl)c(=O)[nH]c1=O.[KH]. The Morgan fingerprint density at radius 2 is 1.70 bits per heavy atom. The zero-order chi connectivity index (χ0) is 16.6. The number of benzene rings is 1. The van der Waals surface area contributed by atoms with Gasteiger partial charge >= 0.3 is 69.0 Å². The molecule has 116 valence electrons. The molecule has 0 saturated heterocycles. The van der Waals surface area contributed by atoms with Crippen molar-refractivity contribution in [2.24, 2.45) is 0 Å². The van der Waals surface area contributed by atoms with Gasteiger partial charge in [-0.2, -0.15) is 0 Å². The molecular weight excluding hydrogens is 378 g/mol. The maximum absolute atomic E-state index is 12.0. The first-order valence-electron chi connectivity index (χ1n) is 5.55. The van der Waals surface area contributed by atoms with E-state index in [2.05, 4.69) is 0 Å². The van der Waals surface area contributed by atoms with Gasteiger partial charge in [-0.1, -0.05) is 23.2 Å². The summed E-state index contributed by atoms with van der Waals surface area (Å²) in [6.45, 7) is 0. The van der Waals surface area contributed by atoms with E-state index in [-0.39, 0.29) is 67.1 Å². The summed E-state index contributed by atoms with van der Waals surface area (Å²) in [5.74, 6) is -3.58. The van der Waals surface area contributed by atoms with Crippen LogP contribution in [-0.4, -0.2) is 83.1 Å². The van der Waals surface area contributed by atoms with E-state index in [0.29, 0.717) is 4.57 Å². The minimum atomic E-state index is -1.80. The van der Waals surface area contributed by atoms with Crippen molar-refractivity contribution in [3.05, 3.63) is 60.3 Å². The number of rotatable bonds is 3. The Kier molecular flexibility index (Phi) is 6.77. The van der Waals surface area contributed by atoms with E-state index in [9.17, 15) is 24.3 Å². The number of carbonyl (C=O) groups is 2. The maximum atomic E-state index is 12.0. The standard InChI is InChI=1S/C12H6Cl2N2O6.K.H/c13-4-1-2-5(14)6(3-4)16-8(11(20)21)7(10(18)19)9(17)15-12(16)22;;/h1-3H,(H,18,19)(H,20,21)(H,15,17,22);;. The quantitative estimate of drug-likeness (QED) is 0.663. The third-order valence-corrected chi connectivity index (χ3v) is 3.23.